The Morgan fingerprint density at radius 3 is 2.49 bits per heavy atom. The molecule has 3 aliphatic heterocycles. The van der Waals surface area contributed by atoms with E-state index < -0.39 is 28.7 Å². The first-order valence-electron chi connectivity index (χ1n) is 13.6. The number of amides is 3. The van der Waals surface area contributed by atoms with Crippen molar-refractivity contribution >= 4 is 52.5 Å². The van der Waals surface area contributed by atoms with Gasteiger partial charge in [-0.1, -0.05) is 62.7 Å². The summed E-state index contributed by atoms with van der Waals surface area (Å²) < 4.78 is -0.788. The molecule has 1 spiro atoms. The molecular formula is C30H36ClN3O4S. The number of aliphatic hydroxyl groups excluding tert-OH is 1. The summed E-state index contributed by atoms with van der Waals surface area (Å²) in [6.45, 7) is 7.76. The minimum atomic E-state index is -0.846. The van der Waals surface area contributed by atoms with Crippen molar-refractivity contribution in [3.8, 4) is 0 Å². The van der Waals surface area contributed by atoms with Crippen molar-refractivity contribution < 1.29 is 19.5 Å². The monoisotopic (exact) mass is 569 g/mol. The van der Waals surface area contributed by atoms with E-state index in [0.29, 0.717) is 22.8 Å². The largest absolute Gasteiger partial charge is 0.394 e. The van der Waals surface area contributed by atoms with Crippen LogP contribution in [-0.2, 0) is 14.4 Å². The maximum Gasteiger partial charge on any atom is 0.248 e. The number of likely N-dealkylation sites (tertiary alicyclic amines) is 1. The highest BCUT2D eigenvalue weighted by Crippen LogP contribution is 2.69. The van der Waals surface area contributed by atoms with E-state index in [1.807, 2.05) is 63.2 Å². The Morgan fingerprint density at radius 1 is 1.13 bits per heavy atom. The zero-order valence-corrected chi connectivity index (χ0v) is 24.3. The number of rotatable bonds is 8. The van der Waals surface area contributed by atoms with E-state index >= 15 is 0 Å². The number of nitrogens with zero attached hydrogens (tertiary/aromatic N) is 1. The minimum Gasteiger partial charge on any atom is -0.394 e. The van der Waals surface area contributed by atoms with Gasteiger partial charge in [-0.3, -0.25) is 14.4 Å². The second kappa shape index (κ2) is 10.8. The highest BCUT2D eigenvalue weighted by Gasteiger charge is 2.76. The fraction of sp³-hybridized carbons (Fsp3) is 0.500. The molecule has 0 aliphatic carbocycles. The van der Waals surface area contributed by atoms with Crippen LogP contribution in [0.1, 0.15) is 39.2 Å². The van der Waals surface area contributed by atoms with E-state index in [1.165, 1.54) is 0 Å². The molecule has 3 aliphatic rings. The van der Waals surface area contributed by atoms with Crippen LogP contribution in [0.5, 0.6) is 0 Å². The first-order valence-corrected chi connectivity index (χ1v) is 14.9. The van der Waals surface area contributed by atoms with Crippen molar-refractivity contribution in [1.29, 1.82) is 0 Å². The number of hydrogen-bond donors (Lipinski definition) is 3. The smallest absolute Gasteiger partial charge is 0.248 e. The van der Waals surface area contributed by atoms with Crippen LogP contribution in [0.3, 0.4) is 0 Å². The molecule has 7 atom stereocenters. The van der Waals surface area contributed by atoms with Crippen LogP contribution in [0.25, 0.3) is 0 Å². The summed E-state index contributed by atoms with van der Waals surface area (Å²) in [6.07, 6.45) is 1.28. The maximum absolute atomic E-state index is 14.4. The standard InChI is InChI=1S/C30H36ClN3O4S/c1-16(2)13-20(15-35)34-26(28(37)33-25-17(3)9-8-12-21(25)31)30-18(4)14-22(39-30)23(24(30)29(34)38)27(36)32-19-10-6-5-7-11-19/h5-12,16,18,20,22-24,26,35H,13-15H2,1-4H3,(H,32,36)(H,33,37)/t18?,20-,22+,23-,24+,26?,30?/m1/s1. The number of aliphatic hydroxyl groups is 1. The Hall–Kier alpha value is -2.55. The van der Waals surface area contributed by atoms with Crippen molar-refractivity contribution in [3.05, 3.63) is 59.1 Å². The van der Waals surface area contributed by atoms with Crippen LogP contribution < -0.4 is 10.6 Å². The van der Waals surface area contributed by atoms with Gasteiger partial charge in [0.2, 0.25) is 17.7 Å². The molecule has 3 N–H and O–H groups in total. The molecule has 7 nitrogen and oxygen atoms in total. The molecule has 2 aromatic carbocycles. The Bertz CT molecular complexity index is 1250. The maximum atomic E-state index is 14.4. The number of hydrogen-bond acceptors (Lipinski definition) is 5. The Kier molecular flexibility index (Phi) is 7.74. The van der Waals surface area contributed by atoms with Gasteiger partial charge in [0.05, 0.1) is 39.9 Å². The van der Waals surface area contributed by atoms with Gasteiger partial charge in [0.1, 0.15) is 6.04 Å². The molecule has 0 radical (unpaired) electrons. The quantitative estimate of drug-likeness (QED) is 0.417. The third kappa shape index (κ3) is 4.64. The Balaban J connectivity index is 1.56. The van der Waals surface area contributed by atoms with Crippen LogP contribution in [0, 0.1) is 30.6 Å². The molecule has 3 fully saturated rings. The number of carbonyl (C=O) groups is 3. The predicted molar refractivity (Wildman–Crippen MR) is 156 cm³/mol. The third-order valence-corrected chi connectivity index (χ3v) is 11.0. The topological polar surface area (TPSA) is 98.7 Å². The summed E-state index contributed by atoms with van der Waals surface area (Å²) in [5.74, 6) is -1.76. The number of anilines is 2. The van der Waals surface area contributed by atoms with Gasteiger partial charge >= 0.3 is 0 Å². The number of benzene rings is 2. The molecule has 9 heteroatoms. The summed E-state index contributed by atoms with van der Waals surface area (Å²) in [5, 5.41) is 16.9. The molecule has 0 aromatic heterocycles. The van der Waals surface area contributed by atoms with Crippen LogP contribution >= 0.6 is 23.4 Å². The van der Waals surface area contributed by atoms with Gasteiger partial charge in [-0.05, 0) is 55.4 Å². The highest BCUT2D eigenvalue weighted by molar-refractivity contribution is 8.02. The van der Waals surface area contributed by atoms with Gasteiger partial charge in [0.25, 0.3) is 0 Å². The van der Waals surface area contributed by atoms with Gasteiger partial charge in [-0.2, -0.15) is 0 Å². The summed E-state index contributed by atoms with van der Waals surface area (Å²) >= 11 is 8.08. The lowest BCUT2D eigenvalue weighted by molar-refractivity contribution is -0.141. The summed E-state index contributed by atoms with van der Waals surface area (Å²) in [4.78, 5) is 44.0. The molecule has 0 saturated carbocycles. The molecule has 3 amide bonds. The van der Waals surface area contributed by atoms with E-state index in [-0.39, 0.29) is 41.4 Å². The number of carbonyl (C=O) groups excluding carboxylic acids is 3. The lowest BCUT2D eigenvalue weighted by Gasteiger charge is -2.40. The van der Waals surface area contributed by atoms with Crippen molar-refractivity contribution in [2.45, 2.75) is 62.6 Å². The molecule has 5 rings (SSSR count). The van der Waals surface area contributed by atoms with Crippen LogP contribution in [0.15, 0.2) is 48.5 Å². The Labute approximate surface area is 239 Å². The molecule has 3 unspecified atom stereocenters. The molecule has 39 heavy (non-hydrogen) atoms. The van der Waals surface area contributed by atoms with E-state index in [0.717, 1.165) is 12.0 Å². The number of halogens is 1. The fourth-order valence-electron chi connectivity index (χ4n) is 7.00. The Morgan fingerprint density at radius 2 is 1.85 bits per heavy atom. The lowest BCUT2D eigenvalue weighted by Crippen LogP contribution is -2.57. The number of para-hydroxylation sites is 2. The zero-order chi connectivity index (χ0) is 28.1. The minimum absolute atomic E-state index is 0.0220. The van der Waals surface area contributed by atoms with Crippen molar-refractivity contribution in [2.24, 2.45) is 23.7 Å². The van der Waals surface area contributed by atoms with Gasteiger partial charge in [0.15, 0.2) is 0 Å². The molecule has 3 saturated heterocycles. The van der Waals surface area contributed by atoms with E-state index in [9.17, 15) is 19.5 Å². The summed E-state index contributed by atoms with van der Waals surface area (Å²) in [6, 6.07) is 13.3. The number of thioether (sulfide) groups is 1. The van der Waals surface area contributed by atoms with Gasteiger partial charge in [-0.25, -0.2) is 0 Å². The average molecular weight is 570 g/mol. The van der Waals surface area contributed by atoms with Crippen molar-refractivity contribution in [1.82, 2.24) is 4.90 Å². The third-order valence-electron chi connectivity index (χ3n) is 8.59. The first kappa shape index (κ1) is 28.0. The predicted octanol–water partition coefficient (Wildman–Crippen LogP) is 4.97. The van der Waals surface area contributed by atoms with Crippen LogP contribution in [-0.4, -0.2) is 56.4 Å². The summed E-state index contributed by atoms with van der Waals surface area (Å²) in [5.41, 5.74) is 2.01. The van der Waals surface area contributed by atoms with Crippen LogP contribution in [0.2, 0.25) is 5.02 Å². The van der Waals surface area contributed by atoms with Gasteiger partial charge < -0.3 is 20.6 Å². The zero-order valence-electron chi connectivity index (χ0n) is 22.7. The van der Waals surface area contributed by atoms with Crippen molar-refractivity contribution in [2.75, 3.05) is 17.2 Å². The fourth-order valence-corrected chi connectivity index (χ4v) is 9.68. The molecule has 208 valence electrons. The average Bonchev–Trinajstić information content (AvgIpc) is 3.49. The molecule has 2 bridgehead atoms. The van der Waals surface area contributed by atoms with Gasteiger partial charge in [0, 0.05) is 10.9 Å². The molecule has 2 aromatic rings. The second-order valence-corrected chi connectivity index (χ2v) is 13.5. The van der Waals surface area contributed by atoms with E-state index in [1.54, 1.807) is 22.7 Å². The number of aryl methyl sites for hydroxylation is 1. The normalized spacial score (nSPS) is 30.0. The lowest BCUT2D eigenvalue weighted by atomic mass is 9.66. The van der Waals surface area contributed by atoms with Crippen molar-refractivity contribution in [3.63, 3.8) is 0 Å². The summed E-state index contributed by atoms with van der Waals surface area (Å²) in [7, 11) is 0. The number of fused-ring (bicyclic) bond motifs is 1. The SMILES string of the molecule is Cc1cccc(Cl)c1NC(=O)C1N([C@@H](CO)CC(C)C)C(=O)[C@@H]2[C@H](C(=O)Nc3ccccc3)[C@@H]3CC(C)C12S3. The molecular weight excluding hydrogens is 534 g/mol. The van der Waals surface area contributed by atoms with Crippen LogP contribution in [0.4, 0.5) is 11.4 Å². The van der Waals surface area contributed by atoms with Gasteiger partial charge in [-0.15, -0.1) is 11.8 Å². The van der Waals surface area contributed by atoms with E-state index in [4.69, 9.17) is 11.6 Å². The second-order valence-electron chi connectivity index (χ2n) is 11.5. The highest BCUT2D eigenvalue weighted by atomic mass is 35.5. The molecule has 3 heterocycles. The number of nitrogens with one attached hydrogen (secondary N) is 2. The van der Waals surface area contributed by atoms with E-state index in [2.05, 4.69) is 17.6 Å². The first-order chi connectivity index (χ1) is 18.6.